The van der Waals surface area contributed by atoms with Gasteiger partial charge in [0.25, 0.3) is 0 Å². The molecule has 5 heteroatoms. The van der Waals surface area contributed by atoms with Crippen molar-refractivity contribution in [2.24, 2.45) is 0 Å². The Morgan fingerprint density at radius 2 is 1.88 bits per heavy atom. The van der Waals surface area contributed by atoms with Crippen molar-refractivity contribution in [3.63, 3.8) is 0 Å². The lowest BCUT2D eigenvalue weighted by molar-refractivity contribution is 0.0526. The first-order valence-corrected chi connectivity index (χ1v) is 8.59. The molecule has 5 nitrogen and oxygen atoms in total. The molecule has 3 aromatic rings. The van der Waals surface area contributed by atoms with Gasteiger partial charge in [-0.15, -0.1) is 0 Å². The molecule has 0 aliphatic heterocycles. The van der Waals surface area contributed by atoms with Crippen LogP contribution in [0.3, 0.4) is 0 Å². The van der Waals surface area contributed by atoms with E-state index in [1.807, 2.05) is 26.0 Å². The number of hydrogen-bond donors (Lipinski definition) is 0. The lowest BCUT2D eigenvalue weighted by atomic mass is 10.1. The third-order valence-corrected chi connectivity index (χ3v) is 3.87. The second-order valence-corrected chi connectivity index (χ2v) is 5.73. The number of aryl methyl sites for hydroxylation is 1. The molecule has 1 heterocycles. The Hall–Kier alpha value is -3.08. The fraction of sp³-hybridized carbons (Fsp3) is 0.238. The molecule has 0 atom stereocenters. The fourth-order valence-electron chi connectivity index (χ4n) is 2.68. The topological polar surface area (TPSA) is 57.7 Å². The van der Waals surface area contributed by atoms with Crippen LogP contribution in [0.1, 0.15) is 29.8 Å². The van der Waals surface area contributed by atoms with Crippen LogP contribution in [0.25, 0.3) is 10.9 Å². The summed E-state index contributed by atoms with van der Waals surface area (Å²) in [7, 11) is 0. The molecule has 0 aliphatic carbocycles. The van der Waals surface area contributed by atoms with Crippen molar-refractivity contribution >= 4 is 16.9 Å². The fourth-order valence-corrected chi connectivity index (χ4v) is 2.68. The van der Waals surface area contributed by atoms with Gasteiger partial charge < -0.3 is 14.2 Å². The molecule has 3 rings (SSSR count). The Kier molecular flexibility index (Phi) is 5.37. The van der Waals surface area contributed by atoms with Crippen LogP contribution in [0, 0.1) is 6.92 Å². The zero-order valence-corrected chi connectivity index (χ0v) is 15.1. The van der Waals surface area contributed by atoms with E-state index < -0.39 is 0 Å². The highest BCUT2D eigenvalue weighted by atomic mass is 16.5. The number of benzene rings is 2. The molecule has 2 aromatic carbocycles. The largest absolute Gasteiger partial charge is 0.494 e. The average molecular weight is 351 g/mol. The van der Waals surface area contributed by atoms with Gasteiger partial charge in [0.05, 0.1) is 24.3 Å². The maximum absolute atomic E-state index is 11.9. The van der Waals surface area contributed by atoms with E-state index >= 15 is 0 Å². The number of aromatic nitrogens is 1. The van der Waals surface area contributed by atoms with Gasteiger partial charge in [0.2, 0.25) is 0 Å². The third kappa shape index (κ3) is 3.77. The van der Waals surface area contributed by atoms with E-state index in [-0.39, 0.29) is 5.97 Å². The van der Waals surface area contributed by atoms with Crippen molar-refractivity contribution in [3.8, 4) is 17.2 Å². The summed E-state index contributed by atoms with van der Waals surface area (Å²) < 4.78 is 16.8. The number of ether oxygens (including phenoxy) is 3. The molecule has 0 saturated carbocycles. The maximum atomic E-state index is 11.9. The summed E-state index contributed by atoms with van der Waals surface area (Å²) in [6.07, 6.45) is 1.70. The van der Waals surface area contributed by atoms with Crippen LogP contribution in [0.2, 0.25) is 0 Å². The molecule has 134 valence electrons. The van der Waals surface area contributed by atoms with Gasteiger partial charge in [-0.25, -0.2) is 4.79 Å². The Morgan fingerprint density at radius 1 is 1.04 bits per heavy atom. The molecule has 26 heavy (non-hydrogen) atoms. The number of esters is 1. The van der Waals surface area contributed by atoms with Crippen LogP contribution >= 0.6 is 0 Å². The Bertz CT molecular complexity index is 936. The van der Waals surface area contributed by atoms with Gasteiger partial charge in [0.1, 0.15) is 17.2 Å². The number of carbonyl (C=O) groups excluding carboxylic acids is 1. The zero-order valence-electron chi connectivity index (χ0n) is 15.1. The Labute approximate surface area is 152 Å². The molecule has 1 aromatic heterocycles. The van der Waals surface area contributed by atoms with Gasteiger partial charge in [0, 0.05) is 11.6 Å². The van der Waals surface area contributed by atoms with E-state index in [4.69, 9.17) is 14.2 Å². The van der Waals surface area contributed by atoms with E-state index in [9.17, 15) is 4.79 Å². The van der Waals surface area contributed by atoms with Crippen molar-refractivity contribution in [1.29, 1.82) is 0 Å². The molecule has 0 amide bonds. The summed E-state index contributed by atoms with van der Waals surface area (Å²) in [5.74, 6) is 1.64. The summed E-state index contributed by atoms with van der Waals surface area (Å²) >= 11 is 0. The normalized spacial score (nSPS) is 10.6. The Balaban J connectivity index is 1.97. The minimum atomic E-state index is -0.369. The molecule has 0 saturated heterocycles. The van der Waals surface area contributed by atoms with Crippen molar-refractivity contribution in [2.75, 3.05) is 13.2 Å². The highest BCUT2D eigenvalue weighted by Crippen LogP contribution is 2.33. The zero-order chi connectivity index (χ0) is 18.5. The highest BCUT2D eigenvalue weighted by molar-refractivity contribution is 5.90. The van der Waals surface area contributed by atoms with E-state index in [0.29, 0.717) is 30.3 Å². The lowest BCUT2D eigenvalue weighted by Gasteiger charge is -2.12. The van der Waals surface area contributed by atoms with Gasteiger partial charge >= 0.3 is 5.97 Å². The smallest absolute Gasteiger partial charge is 0.338 e. The number of hydrogen-bond acceptors (Lipinski definition) is 5. The summed E-state index contributed by atoms with van der Waals surface area (Å²) in [6.45, 7) is 6.63. The standard InChI is InChI=1S/C21H21NO4/c1-4-24-20-13-17-18(11-14(20)3)22-10-9-19(17)26-16-8-6-7-15(12-16)21(23)25-5-2/h6-13H,4-5H2,1-3H3. The lowest BCUT2D eigenvalue weighted by Crippen LogP contribution is -2.04. The van der Waals surface area contributed by atoms with E-state index in [2.05, 4.69) is 4.98 Å². The molecular weight excluding hydrogens is 330 g/mol. The number of pyridine rings is 1. The minimum Gasteiger partial charge on any atom is -0.494 e. The van der Waals surface area contributed by atoms with Crippen molar-refractivity contribution < 1.29 is 19.0 Å². The second-order valence-electron chi connectivity index (χ2n) is 5.73. The van der Waals surface area contributed by atoms with E-state index in [0.717, 1.165) is 22.2 Å². The number of fused-ring (bicyclic) bond motifs is 1. The SMILES string of the molecule is CCOC(=O)c1cccc(Oc2ccnc3cc(C)c(OCC)cc23)c1. The van der Waals surface area contributed by atoms with Crippen LogP contribution in [0.4, 0.5) is 0 Å². The molecule has 0 N–H and O–H groups in total. The summed E-state index contributed by atoms with van der Waals surface area (Å²) in [4.78, 5) is 16.3. The van der Waals surface area contributed by atoms with E-state index in [1.54, 1.807) is 43.5 Å². The summed E-state index contributed by atoms with van der Waals surface area (Å²) in [5, 5.41) is 0.850. The number of carbonyl (C=O) groups is 1. The molecular formula is C21H21NO4. The number of nitrogens with zero attached hydrogens (tertiary/aromatic N) is 1. The van der Waals surface area contributed by atoms with Gasteiger partial charge in [-0.3, -0.25) is 4.98 Å². The van der Waals surface area contributed by atoms with Crippen LogP contribution in [0.5, 0.6) is 17.2 Å². The monoisotopic (exact) mass is 351 g/mol. The predicted molar refractivity (Wildman–Crippen MR) is 100 cm³/mol. The minimum absolute atomic E-state index is 0.332. The molecule has 0 unspecified atom stereocenters. The first-order valence-electron chi connectivity index (χ1n) is 8.59. The van der Waals surface area contributed by atoms with Crippen LogP contribution in [-0.4, -0.2) is 24.2 Å². The second kappa shape index (κ2) is 7.87. The molecule has 0 spiro atoms. The summed E-state index contributed by atoms with van der Waals surface area (Å²) in [5.41, 5.74) is 2.30. The first-order chi connectivity index (χ1) is 12.6. The Morgan fingerprint density at radius 3 is 2.65 bits per heavy atom. The molecule has 0 bridgehead atoms. The van der Waals surface area contributed by atoms with Crippen molar-refractivity contribution in [3.05, 3.63) is 59.8 Å². The van der Waals surface area contributed by atoms with Gasteiger partial charge in [0.15, 0.2) is 0 Å². The third-order valence-electron chi connectivity index (χ3n) is 3.87. The van der Waals surface area contributed by atoms with E-state index in [1.165, 1.54) is 0 Å². The number of rotatable bonds is 6. The maximum Gasteiger partial charge on any atom is 0.338 e. The molecule has 0 aliphatic rings. The molecule has 0 radical (unpaired) electrons. The predicted octanol–water partition coefficient (Wildman–Crippen LogP) is 4.91. The molecule has 0 fully saturated rings. The average Bonchev–Trinajstić information content (AvgIpc) is 2.63. The van der Waals surface area contributed by atoms with Crippen LogP contribution in [0.15, 0.2) is 48.7 Å². The van der Waals surface area contributed by atoms with Crippen LogP contribution in [-0.2, 0) is 4.74 Å². The highest BCUT2D eigenvalue weighted by Gasteiger charge is 2.11. The van der Waals surface area contributed by atoms with Crippen molar-refractivity contribution in [2.45, 2.75) is 20.8 Å². The first kappa shape index (κ1) is 17.7. The van der Waals surface area contributed by atoms with Gasteiger partial charge in [-0.1, -0.05) is 6.07 Å². The van der Waals surface area contributed by atoms with Gasteiger partial charge in [-0.05, 0) is 62.7 Å². The van der Waals surface area contributed by atoms with Gasteiger partial charge in [-0.2, -0.15) is 0 Å². The quantitative estimate of drug-likeness (QED) is 0.591. The van der Waals surface area contributed by atoms with Crippen molar-refractivity contribution in [1.82, 2.24) is 4.98 Å². The van der Waals surface area contributed by atoms with Crippen LogP contribution < -0.4 is 9.47 Å². The summed E-state index contributed by atoms with van der Waals surface area (Å²) in [6, 6.07) is 12.6.